The van der Waals surface area contributed by atoms with Crippen molar-refractivity contribution in [2.45, 2.75) is 31.3 Å². The van der Waals surface area contributed by atoms with Gasteiger partial charge in [0.25, 0.3) is 0 Å². The van der Waals surface area contributed by atoms with Crippen molar-refractivity contribution in [2.75, 3.05) is 0 Å². The molecule has 0 spiro atoms. The molecule has 4 heteroatoms. The molecule has 3 rings (SSSR count). The van der Waals surface area contributed by atoms with Crippen LogP contribution in [0.1, 0.15) is 42.4 Å². The van der Waals surface area contributed by atoms with Crippen molar-refractivity contribution in [1.29, 1.82) is 0 Å². The van der Waals surface area contributed by atoms with E-state index in [2.05, 4.69) is 22.9 Å². The van der Waals surface area contributed by atoms with Gasteiger partial charge in [0.05, 0.1) is 10.0 Å². The van der Waals surface area contributed by atoms with Crippen LogP contribution in [0.15, 0.2) is 40.9 Å². The van der Waals surface area contributed by atoms with Gasteiger partial charge in [-0.3, -0.25) is 0 Å². The Kier molecular flexibility index (Phi) is 3.62. The van der Waals surface area contributed by atoms with E-state index in [0.29, 0.717) is 18.4 Å². The van der Waals surface area contributed by atoms with E-state index in [0.717, 1.165) is 5.56 Å². The largest absolute Gasteiger partial charge is 0.380 e. The normalized spacial score (nSPS) is 24.7. The lowest BCUT2D eigenvalue weighted by molar-refractivity contribution is 0.0503. The number of halogens is 3. The third kappa shape index (κ3) is 2.21. The van der Waals surface area contributed by atoms with Gasteiger partial charge in [-0.25, -0.2) is 8.78 Å². The molecule has 0 aliphatic heterocycles. The van der Waals surface area contributed by atoms with Crippen molar-refractivity contribution >= 4 is 15.9 Å². The van der Waals surface area contributed by atoms with E-state index in [9.17, 15) is 13.9 Å². The maximum absolute atomic E-state index is 14.4. The fourth-order valence-corrected chi connectivity index (χ4v) is 3.52. The fraction of sp³-hybridized carbons (Fsp3) is 0.294. The van der Waals surface area contributed by atoms with Crippen LogP contribution in [0.25, 0.3) is 0 Å². The molecule has 0 radical (unpaired) electrons. The predicted molar refractivity (Wildman–Crippen MR) is 81.1 cm³/mol. The monoisotopic (exact) mass is 352 g/mol. The Balaban J connectivity index is 2.28. The van der Waals surface area contributed by atoms with Gasteiger partial charge in [0, 0.05) is 0 Å². The van der Waals surface area contributed by atoms with Gasteiger partial charge in [-0.2, -0.15) is 0 Å². The van der Waals surface area contributed by atoms with E-state index >= 15 is 0 Å². The van der Waals surface area contributed by atoms with Gasteiger partial charge in [0.15, 0.2) is 0 Å². The highest BCUT2D eigenvalue weighted by molar-refractivity contribution is 9.10. The molecular weight excluding hydrogens is 338 g/mol. The molecule has 1 aliphatic rings. The second-order valence-corrected chi connectivity index (χ2v) is 6.46. The quantitative estimate of drug-likeness (QED) is 0.726. The second kappa shape index (κ2) is 5.18. The molecule has 2 unspecified atom stereocenters. The zero-order valence-corrected chi connectivity index (χ0v) is 13.1. The molecule has 2 aromatic carbocycles. The minimum atomic E-state index is -1.62. The molecule has 0 saturated carbocycles. The standard InChI is InChI=1S/C17H15BrF2O/c1-10-8-9-17(21,12-5-3-2-4-11(10)12)15-14(19)7-6-13(18)16(15)20/h2-7,10,21H,8-9H2,1H3. The van der Waals surface area contributed by atoms with Crippen molar-refractivity contribution in [3.63, 3.8) is 0 Å². The summed E-state index contributed by atoms with van der Waals surface area (Å²) in [4.78, 5) is 0. The lowest BCUT2D eigenvalue weighted by atomic mass is 9.71. The van der Waals surface area contributed by atoms with Crippen LogP contribution in [0.4, 0.5) is 8.78 Å². The van der Waals surface area contributed by atoms with Gasteiger partial charge >= 0.3 is 0 Å². The molecular formula is C17H15BrF2O. The molecule has 0 fully saturated rings. The van der Waals surface area contributed by atoms with Gasteiger partial charge in [-0.15, -0.1) is 0 Å². The molecule has 21 heavy (non-hydrogen) atoms. The zero-order valence-electron chi connectivity index (χ0n) is 11.5. The van der Waals surface area contributed by atoms with Crippen LogP contribution in [-0.4, -0.2) is 5.11 Å². The molecule has 0 saturated heterocycles. The maximum atomic E-state index is 14.4. The molecule has 110 valence electrons. The van der Waals surface area contributed by atoms with E-state index in [1.54, 1.807) is 12.1 Å². The Morgan fingerprint density at radius 1 is 1.19 bits per heavy atom. The second-order valence-electron chi connectivity index (χ2n) is 5.61. The summed E-state index contributed by atoms with van der Waals surface area (Å²) in [6.45, 7) is 2.06. The Labute approximate surface area is 130 Å². The smallest absolute Gasteiger partial charge is 0.146 e. The average molecular weight is 353 g/mol. The number of rotatable bonds is 1. The van der Waals surface area contributed by atoms with Crippen LogP contribution in [0.2, 0.25) is 0 Å². The Morgan fingerprint density at radius 2 is 1.90 bits per heavy atom. The number of hydrogen-bond donors (Lipinski definition) is 1. The minimum Gasteiger partial charge on any atom is -0.380 e. The van der Waals surface area contributed by atoms with Crippen molar-refractivity contribution in [1.82, 2.24) is 0 Å². The predicted octanol–water partition coefficient (Wildman–Crippen LogP) is 4.86. The van der Waals surface area contributed by atoms with Crippen LogP contribution in [0.5, 0.6) is 0 Å². The summed E-state index contributed by atoms with van der Waals surface area (Å²) in [5.41, 5.74) is -0.345. The van der Waals surface area contributed by atoms with Crippen LogP contribution in [0.3, 0.4) is 0 Å². The molecule has 2 atom stereocenters. The molecule has 0 amide bonds. The highest BCUT2D eigenvalue weighted by Crippen LogP contribution is 2.47. The summed E-state index contributed by atoms with van der Waals surface area (Å²) < 4.78 is 28.8. The van der Waals surface area contributed by atoms with Gasteiger partial charge < -0.3 is 5.11 Å². The lowest BCUT2D eigenvalue weighted by Gasteiger charge is -2.38. The van der Waals surface area contributed by atoms with Gasteiger partial charge in [-0.1, -0.05) is 31.2 Å². The van der Waals surface area contributed by atoms with Gasteiger partial charge in [0.1, 0.15) is 17.2 Å². The molecule has 2 aromatic rings. The first-order valence-corrected chi connectivity index (χ1v) is 7.70. The van der Waals surface area contributed by atoms with E-state index in [1.165, 1.54) is 12.1 Å². The summed E-state index contributed by atoms with van der Waals surface area (Å²) in [5, 5.41) is 11.1. The fourth-order valence-electron chi connectivity index (χ4n) is 3.18. The van der Waals surface area contributed by atoms with Crippen LogP contribution in [0, 0.1) is 11.6 Å². The van der Waals surface area contributed by atoms with Crippen molar-refractivity contribution in [3.8, 4) is 0 Å². The first-order chi connectivity index (χ1) is 9.95. The zero-order chi connectivity index (χ0) is 15.2. The summed E-state index contributed by atoms with van der Waals surface area (Å²) in [5.74, 6) is -1.19. The topological polar surface area (TPSA) is 20.2 Å². The summed E-state index contributed by atoms with van der Waals surface area (Å²) in [6.07, 6.45) is 0.981. The van der Waals surface area contributed by atoms with E-state index < -0.39 is 17.2 Å². The SMILES string of the molecule is CC1CCC(O)(c2c(F)ccc(Br)c2F)c2ccccc21. The van der Waals surface area contributed by atoms with Crippen molar-refractivity contribution < 1.29 is 13.9 Å². The Bertz CT molecular complexity index is 701. The van der Waals surface area contributed by atoms with Crippen molar-refractivity contribution in [2.24, 2.45) is 0 Å². The number of aliphatic hydroxyl groups is 1. The van der Waals surface area contributed by atoms with Gasteiger partial charge in [0.2, 0.25) is 0 Å². The lowest BCUT2D eigenvalue weighted by Crippen LogP contribution is -2.35. The minimum absolute atomic E-state index is 0.156. The van der Waals surface area contributed by atoms with Gasteiger partial charge in [-0.05, 0) is 57.9 Å². The number of benzene rings is 2. The first-order valence-electron chi connectivity index (χ1n) is 6.91. The molecule has 1 aliphatic carbocycles. The number of fused-ring (bicyclic) bond motifs is 1. The summed E-state index contributed by atoms with van der Waals surface area (Å²) in [6, 6.07) is 9.84. The van der Waals surface area contributed by atoms with Crippen molar-refractivity contribution in [3.05, 3.63) is 69.2 Å². The highest BCUT2D eigenvalue weighted by Gasteiger charge is 2.42. The maximum Gasteiger partial charge on any atom is 0.146 e. The van der Waals surface area contributed by atoms with Crippen LogP contribution >= 0.6 is 15.9 Å². The molecule has 0 heterocycles. The van der Waals surface area contributed by atoms with E-state index in [4.69, 9.17) is 0 Å². The third-order valence-corrected chi connectivity index (χ3v) is 4.95. The third-order valence-electron chi connectivity index (χ3n) is 4.33. The first kappa shape index (κ1) is 14.7. The Hall–Kier alpha value is -1.26. The molecule has 1 nitrogen and oxygen atoms in total. The van der Waals surface area contributed by atoms with E-state index in [-0.39, 0.29) is 16.0 Å². The van der Waals surface area contributed by atoms with E-state index in [1.807, 2.05) is 12.1 Å². The highest BCUT2D eigenvalue weighted by atomic mass is 79.9. The molecule has 1 N–H and O–H groups in total. The number of hydrogen-bond acceptors (Lipinski definition) is 1. The molecule has 0 aromatic heterocycles. The van der Waals surface area contributed by atoms with Crippen LogP contribution < -0.4 is 0 Å². The Morgan fingerprint density at radius 3 is 2.67 bits per heavy atom. The average Bonchev–Trinajstić information content (AvgIpc) is 2.48. The van der Waals surface area contributed by atoms with Crippen LogP contribution in [-0.2, 0) is 5.60 Å². The summed E-state index contributed by atoms with van der Waals surface area (Å²) >= 11 is 3.07. The molecule has 0 bridgehead atoms. The summed E-state index contributed by atoms with van der Waals surface area (Å²) in [7, 11) is 0.